The van der Waals surface area contributed by atoms with Gasteiger partial charge < -0.3 is 14.9 Å². The standard InChI is InChI=1S/C17H32O5/c1-3-5-6-7-8-9-11-14(18)12-17(21)22-15(10-4-2)13-16(19)20/h14-15,18H,3-13H2,1-2H3,(H,19,20). The van der Waals surface area contributed by atoms with Crippen molar-refractivity contribution in [3.05, 3.63) is 0 Å². The first kappa shape index (κ1) is 20.9. The van der Waals surface area contributed by atoms with Crippen LogP contribution >= 0.6 is 0 Å². The monoisotopic (exact) mass is 316 g/mol. The number of carbonyl (C=O) groups excluding carboxylic acids is 1. The van der Waals surface area contributed by atoms with Crippen LogP contribution in [-0.2, 0) is 14.3 Å². The second kappa shape index (κ2) is 13.6. The number of esters is 1. The Kier molecular flexibility index (Phi) is 12.9. The average molecular weight is 316 g/mol. The first-order chi connectivity index (χ1) is 10.5. The molecule has 5 nitrogen and oxygen atoms in total. The highest BCUT2D eigenvalue weighted by Crippen LogP contribution is 2.13. The van der Waals surface area contributed by atoms with Crippen molar-refractivity contribution in [3.8, 4) is 0 Å². The maximum atomic E-state index is 11.7. The molecule has 0 rings (SSSR count). The maximum absolute atomic E-state index is 11.7. The second-order valence-corrected chi connectivity index (χ2v) is 5.91. The van der Waals surface area contributed by atoms with Crippen molar-refractivity contribution in [2.75, 3.05) is 0 Å². The van der Waals surface area contributed by atoms with Crippen LogP contribution in [-0.4, -0.2) is 34.4 Å². The highest BCUT2D eigenvalue weighted by atomic mass is 16.5. The van der Waals surface area contributed by atoms with Gasteiger partial charge in [-0.3, -0.25) is 9.59 Å². The van der Waals surface area contributed by atoms with Gasteiger partial charge in [0.2, 0.25) is 0 Å². The quantitative estimate of drug-likeness (QED) is 0.377. The summed E-state index contributed by atoms with van der Waals surface area (Å²) in [5, 5.41) is 18.6. The Hall–Kier alpha value is -1.10. The number of carboxylic acid groups (broad SMARTS) is 1. The summed E-state index contributed by atoms with van der Waals surface area (Å²) in [6.07, 6.45) is 7.22. The first-order valence-corrected chi connectivity index (χ1v) is 8.58. The third-order valence-electron chi connectivity index (χ3n) is 3.60. The molecule has 0 saturated carbocycles. The normalized spacial score (nSPS) is 13.6. The van der Waals surface area contributed by atoms with Crippen LogP contribution in [0.4, 0.5) is 0 Å². The molecule has 22 heavy (non-hydrogen) atoms. The lowest BCUT2D eigenvalue weighted by molar-refractivity contribution is -0.155. The summed E-state index contributed by atoms with van der Waals surface area (Å²) in [7, 11) is 0. The number of rotatable bonds is 14. The molecule has 2 N–H and O–H groups in total. The third kappa shape index (κ3) is 12.6. The lowest BCUT2D eigenvalue weighted by Gasteiger charge is -2.17. The number of carboxylic acids is 1. The minimum atomic E-state index is -0.973. The Morgan fingerprint density at radius 2 is 1.55 bits per heavy atom. The van der Waals surface area contributed by atoms with Crippen molar-refractivity contribution in [2.45, 2.75) is 96.7 Å². The number of aliphatic carboxylic acids is 1. The predicted molar refractivity (Wildman–Crippen MR) is 85.7 cm³/mol. The van der Waals surface area contributed by atoms with Gasteiger partial charge in [-0.2, -0.15) is 0 Å². The van der Waals surface area contributed by atoms with E-state index in [1.165, 1.54) is 25.7 Å². The van der Waals surface area contributed by atoms with Crippen molar-refractivity contribution in [1.29, 1.82) is 0 Å². The van der Waals surface area contributed by atoms with Gasteiger partial charge in [-0.15, -0.1) is 0 Å². The first-order valence-electron chi connectivity index (χ1n) is 8.58. The summed E-state index contributed by atoms with van der Waals surface area (Å²) in [6.45, 7) is 4.08. The van der Waals surface area contributed by atoms with Gasteiger partial charge in [0.1, 0.15) is 6.10 Å². The van der Waals surface area contributed by atoms with E-state index in [0.717, 1.165) is 19.3 Å². The van der Waals surface area contributed by atoms with Gasteiger partial charge in [-0.25, -0.2) is 0 Å². The number of ether oxygens (including phenoxy) is 1. The minimum Gasteiger partial charge on any atom is -0.481 e. The SMILES string of the molecule is CCCCCCCCC(O)CC(=O)OC(CCC)CC(=O)O. The van der Waals surface area contributed by atoms with Crippen LogP contribution < -0.4 is 0 Å². The van der Waals surface area contributed by atoms with Gasteiger partial charge in [0, 0.05) is 0 Å². The largest absolute Gasteiger partial charge is 0.481 e. The molecule has 0 aliphatic carbocycles. The van der Waals surface area contributed by atoms with Crippen molar-refractivity contribution >= 4 is 11.9 Å². The average Bonchev–Trinajstić information content (AvgIpc) is 2.42. The van der Waals surface area contributed by atoms with Crippen LogP contribution in [0.25, 0.3) is 0 Å². The molecule has 2 unspecified atom stereocenters. The highest BCUT2D eigenvalue weighted by Gasteiger charge is 2.19. The number of unbranched alkanes of at least 4 members (excludes halogenated alkanes) is 5. The summed E-state index contributed by atoms with van der Waals surface area (Å²) in [6, 6.07) is 0. The van der Waals surface area contributed by atoms with Gasteiger partial charge in [0.15, 0.2) is 0 Å². The van der Waals surface area contributed by atoms with Gasteiger partial charge in [-0.05, 0) is 12.8 Å². The fourth-order valence-electron chi connectivity index (χ4n) is 2.41. The lowest BCUT2D eigenvalue weighted by atomic mass is 10.1. The molecule has 0 bridgehead atoms. The summed E-state index contributed by atoms with van der Waals surface area (Å²) in [5.41, 5.74) is 0. The van der Waals surface area contributed by atoms with Crippen molar-refractivity contribution in [3.63, 3.8) is 0 Å². The van der Waals surface area contributed by atoms with Crippen molar-refractivity contribution in [2.24, 2.45) is 0 Å². The van der Waals surface area contributed by atoms with Crippen LogP contribution in [0.5, 0.6) is 0 Å². The molecule has 0 radical (unpaired) electrons. The van der Waals surface area contributed by atoms with Gasteiger partial charge >= 0.3 is 11.9 Å². The van der Waals surface area contributed by atoms with Crippen molar-refractivity contribution in [1.82, 2.24) is 0 Å². The number of carbonyl (C=O) groups is 2. The van der Waals surface area contributed by atoms with E-state index in [1.807, 2.05) is 6.92 Å². The fourth-order valence-corrected chi connectivity index (χ4v) is 2.41. The number of hydrogen-bond donors (Lipinski definition) is 2. The lowest BCUT2D eigenvalue weighted by Crippen LogP contribution is -2.24. The van der Waals surface area contributed by atoms with Crippen LogP contribution in [0.2, 0.25) is 0 Å². The summed E-state index contributed by atoms with van der Waals surface area (Å²) in [5.74, 6) is -1.47. The van der Waals surface area contributed by atoms with E-state index in [4.69, 9.17) is 9.84 Å². The molecule has 5 heteroatoms. The van der Waals surface area contributed by atoms with E-state index in [1.54, 1.807) is 0 Å². The third-order valence-corrected chi connectivity index (χ3v) is 3.60. The van der Waals surface area contributed by atoms with E-state index in [-0.39, 0.29) is 12.8 Å². The van der Waals surface area contributed by atoms with Crippen LogP contribution in [0.15, 0.2) is 0 Å². The molecule has 0 heterocycles. The number of hydrogen-bond acceptors (Lipinski definition) is 4. The van der Waals surface area contributed by atoms with E-state index >= 15 is 0 Å². The molecule has 0 aromatic heterocycles. The molecule has 0 aliphatic rings. The van der Waals surface area contributed by atoms with Crippen LogP contribution in [0, 0.1) is 0 Å². The maximum Gasteiger partial charge on any atom is 0.308 e. The van der Waals surface area contributed by atoms with Gasteiger partial charge in [-0.1, -0.05) is 58.8 Å². The second-order valence-electron chi connectivity index (χ2n) is 5.91. The predicted octanol–water partition coefficient (Wildman–Crippen LogP) is 3.67. The Morgan fingerprint density at radius 3 is 2.14 bits per heavy atom. The Morgan fingerprint density at radius 1 is 0.909 bits per heavy atom. The van der Waals surface area contributed by atoms with E-state index < -0.39 is 24.1 Å². The van der Waals surface area contributed by atoms with E-state index in [0.29, 0.717) is 12.8 Å². The topological polar surface area (TPSA) is 83.8 Å². The zero-order chi connectivity index (χ0) is 16.8. The molecule has 0 aromatic rings. The smallest absolute Gasteiger partial charge is 0.308 e. The molecule has 0 aliphatic heterocycles. The summed E-state index contributed by atoms with van der Waals surface area (Å²) >= 11 is 0. The van der Waals surface area contributed by atoms with Gasteiger partial charge in [0.25, 0.3) is 0 Å². The van der Waals surface area contributed by atoms with Crippen LogP contribution in [0.3, 0.4) is 0 Å². The Bertz CT molecular complexity index is 303. The summed E-state index contributed by atoms with van der Waals surface area (Å²) < 4.78 is 5.15. The molecule has 0 amide bonds. The molecule has 2 atom stereocenters. The van der Waals surface area contributed by atoms with E-state index in [9.17, 15) is 14.7 Å². The molecule has 0 fully saturated rings. The summed E-state index contributed by atoms with van der Waals surface area (Å²) in [4.78, 5) is 22.4. The number of aliphatic hydroxyl groups is 1. The Balaban J connectivity index is 3.85. The van der Waals surface area contributed by atoms with Crippen molar-refractivity contribution < 1.29 is 24.5 Å². The zero-order valence-corrected chi connectivity index (χ0v) is 14.1. The fraction of sp³-hybridized carbons (Fsp3) is 0.882. The minimum absolute atomic E-state index is 0.0468. The Labute approximate surface area is 134 Å². The molecular weight excluding hydrogens is 284 g/mol. The van der Waals surface area contributed by atoms with Crippen LogP contribution in [0.1, 0.15) is 84.5 Å². The molecule has 0 saturated heterocycles. The molecular formula is C17H32O5. The molecule has 0 aromatic carbocycles. The zero-order valence-electron chi connectivity index (χ0n) is 14.1. The van der Waals surface area contributed by atoms with E-state index in [2.05, 4.69) is 6.92 Å². The highest BCUT2D eigenvalue weighted by molar-refractivity contribution is 5.71. The number of aliphatic hydroxyl groups excluding tert-OH is 1. The molecule has 130 valence electrons. The van der Waals surface area contributed by atoms with Gasteiger partial charge in [0.05, 0.1) is 18.9 Å². The molecule has 0 spiro atoms.